The molecule has 1 spiro atoms. The SMILES string of the molecule is CC(C)(C)CCCCNC(=O)c1ccc2c(c1)C1(OC2=O)c2ccc(O)cc2Oc2cc(O)ccc21. The molecule has 5 rings (SSSR count). The minimum Gasteiger partial charge on any atom is -0.508 e. The Morgan fingerprint density at radius 1 is 0.889 bits per heavy atom. The molecule has 0 radical (unpaired) electrons. The highest BCUT2D eigenvalue weighted by atomic mass is 16.6. The van der Waals surface area contributed by atoms with Crippen LogP contribution in [0.1, 0.15) is 77.4 Å². The lowest BCUT2D eigenvalue weighted by Crippen LogP contribution is -2.33. The van der Waals surface area contributed by atoms with E-state index in [0.717, 1.165) is 19.3 Å². The summed E-state index contributed by atoms with van der Waals surface area (Å²) >= 11 is 0. The zero-order chi connectivity index (χ0) is 25.7. The minimum atomic E-state index is -1.39. The third kappa shape index (κ3) is 4.04. The Hall–Kier alpha value is -4.00. The van der Waals surface area contributed by atoms with Crippen molar-refractivity contribution < 1.29 is 29.3 Å². The van der Waals surface area contributed by atoms with Gasteiger partial charge in [0.1, 0.15) is 23.0 Å². The molecule has 3 N–H and O–H groups in total. The Morgan fingerprint density at radius 3 is 2.14 bits per heavy atom. The summed E-state index contributed by atoms with van der Waals surface area (Å²) in [6, 6.07) is 14.1. The van der Waals surface area contributed by atoms with Crippen LogP contribution in [0.15, 0.2) is 54.6 Å². The quantitative estimate of drug-likeness (QED) is 0.319. The molecule has 2 heterocycles. The van der Waals surface area contributed by atoms with E-state index in [1.54, 1.807) is 30.3 Å². The molecule has 2 aliphatic heterocycles. The first-order valence-electron chi connectivity index (χ1n) is 12.1. The van der Waals surface area contributed by atoms with Crippen LogP contribution in [0.2, 0.25) is 0 Å². The number of esters is 1. The molecule has 7 heteroatoms. The second-order valence-corrected chi connectivity index (χ2v) is 10.6. The van der Waals surface area contributed by atoms with Crippen LogP contribution in [0.4, 0.5) is 0 Å². The Bertz CT molecular complexity index is 1320. The van der Waals surface area contributed by atoms with Gasteiger partial charge in [0.25, 0.3) is 5.91 Å². The molecule has 3 aromatic carbocycles. The lowest BCUT2D eigenvalue weighted by Gasteiger charge is -2.36. The van der Waals surface area contributed by atoms with E-state index < -0.39 is 11.6 Å². The van der Waals surface area contributed by atoms with Crippen molar-refractivity contribution >= 4 is 11.9 Å². The van der Waals surface area contributed by atoms with Gasteiger partial charge >= 0.3 is 5.97 Å². The van der Waals surface area contributed by atoms with E-state index in [2.05, 4.69) is 26.1 Å². The van der Waals surface area contributed by atoms with Gasteiger partial charge in [0.15, 0.2) is 5.60 Å². The third-order valence-electron chi connectivity index (χ3n) is 6.67. The van der Waals surface area contributed by atoms with Crippen molar-refractivity contribution in [2.24, 2.45) is 5.41 Å². The standard InChI is InChI=1S/C29H29NO6/c1-28(2,3)12-4-5-13-30-26(33)17-6-9-20-23(14-17)29(36-27(20)34)21-10-7-18(31)15-24(21)35-25-16-19(32)8-11-22(25)29/h6-11,14-16,31-32H,4-5,12-13H2,1-3H3,(H,30,33). The Kier molecular flexibility index (Phi) is 5.66. The van der Waals surface area contributed by atoms with E-state index in [9.17, 15) is 19.8 Å². The summed E-state index contributed by atoms with van der Waals surface area (Å²) in [5.74, 6) is -0.204. The van der Waals surface area contributed by atoms with Crippen LogP contribution in [-0.2, 0) is 10.3 Å². The predicted molar refractivity (Wildman–Crippen MR) is 134 cm³/mol. The van der Waals surface area contributed by atoms with Crippen LogP contribution in [-0.4, -0.2) is 28.6 Å². The van der Waals surface area contributed by atoms with Crippen molar-refractivity contribution in [1.29, 1.82) is 0 Å². The van der Waals surface area contributed by atoms with E-state index in [4.69, 9.17) is 9.47 Å². The molecular formula is C29H29NO6. The number of nitrogens with one attached hydrogen (secondary N) is 1. The van der Waals surface area contributed by atoms with Gasteiger partial charge in [-0.2, -0.15) is 0 Å². The maximum atomic E-state index is 13.0. The summed E-state index contributed by atoms with van der Waals surface area (Å²) in [4.78, 5) is 26.0. The average molecular weight is 488 g/mol. The van der Waals surface area contributed by atoms with Gasteiger partial charge in [-0.15, -0.1) is 0 Å². The fraction of sp³-hybridized carbons (Fsp3) is 0.310. The van der Waals surface area contributed by atoms with Gasteiger partial charge < -0.3 is 25.0 Å². The normalized spacial score (nSPS) is 14.9. The van der Waals surface area contributed by atoms with Crippen molar-refractivity contribution in [3.8, 4) is 23.0 Å². The molecule has 0 fully saturated rings. The summed E-state index contributed by atoms with van der Waals surface area (Å²) in [5.41, 5.74) is 1.17. The van der Waals surface area contributed by atoms with Crippen LogP contribution < -0.4 is 10.1 Å². The Labute approximate surface area is 209 Å². The van der Waals surface area contributed by atoms with Crippen LogP contribution in [0.25, 0.3) is 0 Å². The van der Waals surface area contributed by atoms with Gasteiger partial charge in [-0.25, -0.2) is 4.79 Å². The number of phenolic OH excluding ortho intramolecular Hbond substituents is 2. The van der Waals surface area contributed by atoms with E-state index in [1.165, 1.54) is 24.3 Å². The Balaban J connectivity index is 1.53. The number of aromatic hydroxyl groups is 2. The molecule has 1 amide bonds. The monoisotopic (exact) mass is 487 g/mol. The van der Waals surface area contributed by atoms with Gasteiger partial charge in [-0.05, 0) is 60.7 Å². The zero-order valence-electron chi connectivity index (χ0n) is 20.6. The van der Waals surface area contributed by atoms with Crippen molar-refractivity contribution in [3.63, 3.8) is 0 Å². The third-order valence-corrected chi connectivity index (χ3v) is 6.67. The number of ether oxygens (including phenoxy) is 2. The number of fused-ring (bicyclic) bond motifs is 6. The van der Waals surface area contributed by atoms with Gasteiger partial charge in [-0.1, -0.05) is 27.2 Å². The smallest absolute Gasteiger partial charge is 0.340 e. The van der Waals surface area contributed by atoms with Gasteiger partial charge in [0.2, 0.25) is 0 Å². The van der Waals surface area contributed by atoms with Crippen molar-refractivity contribution in [2.45, 2.75) is 45.6 Å². The van der Waals surface area contributed by atoms with Crippen molar-refractivity contribution in [3.05, 3.63) is 82.4 Å². The number of amides is 1. The largest absolute Gasteiger partial charge is 0.508 e. The lowest BCUT2D eigenvalue weighted by molar-refractivity contribution is 0.0224. The highest BCUT2D eigenvalue weighted by Gasteiger charge is 2.53. The van der Waals surface area contributed by atoms with Crippen molar-refractivity contribution in [1.82, 2.24) is 5.32 Å². The first-order chi connectivity index (χ1) is 17.1. The topological polar surface area (TPSA) is 105 Å². The maximum absolute atomic E-state index is 13.0. The van der Waals surface area contributed by atoms with Crippen LogP contribution in [0, 0.1) is 5.41 Å². The molecule has 2 aliphatic rings. The molecule has 0 aromatic heterocycles. The lowest BCUT2D eigenvalue weighted by atomic mass is 9.77. The molecule has 186 valence electrons. The summed E-state index contributed by atoms with van der Waals surface area (Å²) in [5, 5.41) is 23.1. The van der Waals surface area contributed by atoms with Crippen LogP contribution in [0.5, 0.6) is 23.0 Å². The van der Waals surface area contributed by atoms with Crippen molar-refractivity contribution in [2.75, 3.05) is 6.54 Å². The summed E-state index contributed by atoms with van der Waals surface area (Å²) in [7, 11) is 0. The molecule has 7 nitrogen and oxygen atoms in total. The van der Waals surface area contributed by atoms with E-state index in [0.29, 0.717) is 45.9 Å². The predicted octanol–water partition coefficient (Wildman–Crippen LogP) is 5.61. The van der Waals surface area contributed by atoms with E-state index in [-0.39, 0.29) is 22.8 Å². The minimum absolute atomic E-state index is 0.0170. The molecule has 0 bridgehead atoms. The number of phenols is 2. The van der Waals surface area contributed by atoms with Crippen LogP contribution in [0.3, 0.4) is 0 Å². The first kappa shape index (κ1) is 23.7. The average Bonchev–Trinajstić information content (AvgIpc) is 3.10. The number of carbonyl (C=O) groups is 2. The zero-order valence-corrected chi connectivity index (χ0v) is 20.6. The molecule has 0 atom stereocenters. The van der Waals surface area contributed by atoms with E-state index >= 15 is 0 Å². The number of rotatable bonds is 5. The molecule has 0 saturated heterocycles. The van der Waals surface area contributed by atoms with Crippen LogP contribution >= 0.6 is 0 Å². The summed E-state index contributed by atoms with van der Waals surface area (Å²) in [6.45, 7) is 7.16. The number of benzene rings is 3. The second-order valence-electron chi connectivity index (χ2n) is 10.6. The molecule has 0 unspecified atom stereocenters. The number of carbonyl (C=O) groups excluding carboxylic acids is 2. The van der Waals surface area contributed by atoms with Gasteiger partial charge in [0, 0.05) is 40.9 Å². The molecular weight excluding hydrogens is 458 g/mol. The Morgan fingerprint density at radius 2 is 1.53 bits per heavy atom. The molecule has 0 saturated carbocycles. The highest BCUT2D eigenvalue weighted by Crippen LogP contribution is 2.57. The van der Waals surface area contributed by atoms with Gasteiger partial charge in [0.05, 0.1) is 5.56 Å². The summed E-state index contributed by atoms with van der Waals surface area (Å²) < 4.78 is 12.0. The maximum Gasteiger partial charge on any atom is 0.340 e. The second kappa shape index (κ2) is 8.59. The fourth-order valence-corrected chi connectivity index (χ4v) is 4.92. The molecule has 36 heavy (non-hydrogen) atoms. The molecule has 0 aliphatic carbocycles. The summed E-state index contributed by atoms with van der Waals surface area (Å²) in [6.07, 6.45) is 2.98. The number of hydrogen-bond acceptors (Lipinski definition) is 6. The molecule has 3 aromatic rings. The highest BCUT2D eigenvalue weighted by molar-refractivity contribution is 6.00. The number of unbranched alkanes of at least 4 members (excludes halogenated alkanes) is 1. The van der Waals surface area contributed by atoms with E-state index in [1.807, 2.05) is 0 Å². The number of hydrogen-bond donors (Lipinski definition) is 3. The fourth-order valence-electron chi connectivity index (χ4n) is 4.92. The first-order valence-corrected chi connectivity index (χ1v) is 12.1. The van der Waals surface area contributed by atoms with Gasteiger partial charge in [-0.3, -0.25) is 4.79 Å².